The van der Waals surface area contributed by atoms with Gasteiger partial charge in [0.05, 0.1) is 6.54 Å². The van der Waals surface area contributed by atoms with Gasteiger partial charge in [0, 0.05) is 6.20 Å². The van der Waals surface area contributed by atoms with Crippen LogP contribution in [-0.2, 0) is 6.54 Å². The fourth-order valence-electron chi connectivity index (χ4n) is 0.889. The minimum Gasteiger partial charge on any atom is -0.312 e. The van der Waals surface area contributed by atoms with Gasteiger partial charge in [-0.05, 0) is 12.1 Å². The van der Waals surface area contributed by atoms with Crippen molar-refractivity contribution in [3.63, 3.8) is 0 Å². The van der Waals surface area contributed by atoms with Gasteiger partial charge in [0.15, 0.2) is 0 Å². The number of alkyl halides is 1. The Bertz CT molecular complexity index is 364. The topological polar surface area (TPSA) is 45.8 Å². The van der Waals surface area contributed by atoms with Crippen LogP contribution in [0, 0.1) is 11.3 Å². The Morgan fingerprint density at radius 2 is 2.42 bits per heavy atom. The largest absolute Gasteiger partial charge is 0.312 e. The zero-order valence-electron chi connectivity index (χ0n) is 6.33. The maximum absolute atomic E-state index is 11.9. The Hall–Kier alpha value is -1.63. The molecule has 0 aliphatic rings. The van der Waals surface area contributed by atoms with E-state index in [4.69, 9.17) is 5.26 Å². The van der Waals surface area contributed by atoms with Crippen LogP contribution in [0.15, 0.2) is 23.1 Å². The molecule has 4 heteroatoms. The second kappa shape index (κ2) is 3.67. The van der Waals surface area contributed by atoms with Gasteiger partial charge in [0.1, 0.15) is 18.3 Å². The fraction of sp³-hybridized carbons (Fsp3) is 0.250. The Morgan fingerprint density at radius 3 is 3.00 bits per heavy atom. The van der Waals surface area contributed by atoms with Crippen LogP contribution in [0.1, 0.15) is 5.56 Å². The number of pyridine rings is 1. The maximum Gasteiger partial charge on any atom is 0.268 e. The number of nitrogens with zero attached hydrogens (tertiary/aromatic N) is 2. The maximum atomic E-state index is 11.9. The van der Waals surface area contributed by atoms with E-state index in [2.05, 4.69) is 0 Å². The number of hydrogen-bond acceptors (Lipinski definition) is 2. The summed E-state index contributed by atoms with van der Waals surface area (Å²) in [5, 5.41) is 8.45. The molecule has 0 saturated carbocycles. The Morgan fingerprint density at radius 1 is 1.67 bits per heavy atom. The average Bonchev–Trinajstić information content (AvgIpc) is 2.09. The molecule has 0 N–H and O–H groups in total. The molecule has 1 rings (SSSR count). The minimum absolute atomic E-state index is 0.00829. The van der Waals surface area contributed by atoms with Crippen LogP contribution in [0.2, 0.25) is 0 Å². The highest BCUT2D eigenvalue weighted by molar-refractivity contribution is 5.24. The van der Waals surface area contributed by atoms with Crippen molar-refractivity contribution < 1.29 is 4.39 Å². The second-order valence-electron chi connectivity index (χ2n) is 2.22. The fourth-order valence-corrected chi connectivity index (χ4v) is 0.889. The molecule has 12 heavy (non-hydrogen) atoms. The standard InChI is InChI=1S/C8H7FN2O/c9-3-5-11-4-1-2-7(6-10)8(11)12/h1-2,4H,3,5H2. The van der Waals surface area contributed by atoms with Crippen LogP contribution in [0.3, 0.4) is 0 Å². The van der Waals surface area contributed by atoms with Gasteiger partial charge in [-0.2, -0.15) is 5.26 Å². The van der Waals surface area contributed by atoms with Crippen LogP contribution in [-0.4, -0.2) is 11.2 Å². The van der Waals surface area contributed by atoms with E-state index in [0.717, 1.165) is 0 Å². The van der Waals surface area contributed by atoms with Crippen LogP contribution < -0.4 is 5.56 Å². The van der Waals surface area contributed by atoms with Crippen LogP contribution in [0.5, 0.6) is 0 Å². The van der Waals surface area contributed by atoms with E-state index in [9.17, 15) is 9.18 Å². The molecule has 0 unspecified atom stereocenters. The first-order valence-electron chi connectivity index (χ1n) is 3.45. The smallest absolute Gasteiger partial charge is 0.268 e. The summed E-state index contributed by atoms with van der Waals surface area (Å²) in [5.74, 6) is 0. The average molecular weight is 166 g/mol. The summed E-state index contributed by atoms with van der Waals surface area (Å²) < 4.78 is 13.0. The van der Waals surface area contributed by atoms with E-state index < -0.39 is 12.2 Å². The lowest BCUT2D eigenvalue weighted by Gasteiger charge is -2.00. The normalized spacial score (nSPS) is 9.33. The van der Waals surface area contributed by atoms with E-state index in [0.29, 0.717) is 0 Å². The van der Waals surface area contributed by atoms with Gasteiger partial charge in [-0.3, -0.25) is 4.79 Å². The molecular weight excluding hydrogens is 159 g/mol. The van der Waals surface area contributed by atoms with Crippen molar-refractivity contribution in [1.82, 2.24) is 4.57 Å². The lowest BCUT2D eigenvalue weighted by molar-refractivity contribution is 0.440. The summed E-state index contributed by atoms with van der Waals surface area (Å²) in [4.78, 5) is 11.2. The second-order valence-corrected chi connectivity index (χ2v) is 2.22. The highest BCUT2D eigenvalue weighted by atomic mass is 19.1. The molecule has 0 aromatic carbocycles. The van der Waals surface area contributed by atoms with E-state index >= 15 is 0 Å². The van der Waals surface area contributed by atoms with Crippen molar-refractivity contribution in [2.75, 3.05) is 6.67 Å². The molecule has 0 bridgehead atoms. The van der Waals surface area contributed by atoms with Crippen molar-refractivity contribution >= 4 is 0 Å². The molecule has 0 spiro atoms. The van der Waals surface area contributed by atoms with Gasteiger partial charge in [-0.25, -0.2) is 4.39 Å². The SMILES string of the molecule is N#Cc1cccn(CCF)c1=O. The predicted molar refractivity (Wildman–Crippen MR) is 41.4 cm³/mol. The Labute approximate surface area is 68.7 Å². The van der Waals surface area contributed by atoms with Gasteiger partial charge in [0.2, 0.25) is 0 Å². The minimum atomic E-state index is -0.602. The predicted octanol–water partition coefficient (Wildman–Crippen LogP) is 0.689. The first-order valence-corrected chi connectivity index (χ1v) is 3.45. The monoisotopic (exact) mass is 166 g/mol. The Kier molecular flexibility index (Phi) is 2.59. The summed E-state index contributed by atoms with van der Waals surface area (Å²) in [6, 6.07) is 4.70. The van der Waals surface area contributed by atoms with Crippen LogP contribution in [0.25, 0.3) is 0 Å². The summed E-state index contributed by atoms with van der Waals surface area (Å²) >= 11 is 0. The van der Waals surface area contributed by atoms with Crippen molar-refractivity contribution in [1.29, 1.82) is 5.26 Å². The van der Waals surface area contributed by atoms with E-state index in [1.807, 2.05) is 0 Å². The zero-order valence-corrected chi connectivity index (χ0v) is 6.33. The van der Waals surface area contributed by atoms with Crippen LogP contribution >= 0.6 is 0 Å². The molecule has 0 radical (unpaired) electrons. The lowest BCUT2D eigenvalue weighted by Crippen LogP contribution is -2.22. The van der Waals surface area contributed by atoms with Gasteiger partial charge < -0.3 is 4.57 Å². The zero-order chi connectivity index (χ0) is 8.97. The summed E-state index contributed by atoms with van der Waals surface area (Å²) in [5.41, 5.74) is -0.386. The highest BCUT2D eigenvalue weighted by Crippen LogP contribution is 1.89. The van der Waals surface area contributed by atoms with E-state index in [1.165, 1.54) is 16.8 Å². The van der Waals surface area contributed by atoms with Gasteiger partial charge in [-0.15, -0.1) is 0 Å². The molecule has 3 nitrogen and oxygen atoms in total. The third kappa shape index (κ3) is 1.51. The molecular formula is C8H7FN2O. The molecule has 0 aliphatic heterocycles. The van der Waals surface area contributed by atoms with E-state index in [-0.39, 0.29) is 12.1 Å². The van der Waals surface area contributed by atoms with Crippen molar-refractivity contribution in [3.8, 4) is 6.07 Å². The number of aromatic nitrogens is 1. The van der Waals surface area contributed by atoms with Gasteiger partial charge in [0.25, 0.3) is 5.56 Å². The molecule has 0 aliphatic carbocycles. The molecule has 1 aromatic rings. The molecule has 1 heterocycles. The number of nitriles is 1. The molecule has 0 amide bonds. The van der Waals surface area contributed by atoms with Gasteiger partial charge in [-0.1, -0.05) is 0 Å². The number of halogens is 1. The lowest BCUT2D eigenvalue weighted by atomic mass is 10.3. The van der Waals surface area contributed by atoms with Crippen molar-refractivity contribution in [2.24, 2.45) is 0 Å². The molecule has 1 aromatic heterocycles. The third-order valence-corrected chi connectivity index (χ3v) is 1.47. The summed E-state index contributed by atoms with van der Waals surface area (Å²) in [7, 11) is 0. The summed E-state index contributed by atoms with van der Waals surface area (Å²) in [6.45, 7) is -0.594. The number of aryl methyl sites for hydroxylation is 1. The molecule has 0 atom stereocenters. The molecule has 0 fully saturated rings. The number of hydrogen-bond donors (Lipinski definition) is 0. The van der Waals surface area contributed by atoms with E-state index in [1.54, 1.807) is 12.1 Å². The first kappa shape index (κ1) is 8.47. The Balaban J connectivity index is 3.17. The number of rotatable bonds is 2. The third-order valence-electron chi connectivity index (χ3n) is 1.47. The molecule has 0 saturated heterocycles. The summed E-state index contributed by atoms with van der Waals surface area (Å²) in [6.07, 6.45) is 1.46. The van der Waals surface area contributed by atoms with Crippen molar-refractivity contribution in [2.45, 2.75) is 6.54 Å². The van der Waals surface area contributed by atoms with Crippen LogP contribution in [0.4, 0.5) is 4.39 Å². The first-order chi connectivity index (χ1) is 5.79. The highest BCUT2D eigenvalue weighted by Gasteiger charge is 2.00. The quantitative estimate of drug-likeness (QED) is 0.648. The van der Waals surface area contributed by atoms with Gasteiger partial charge >= 0.3 is 0 Å². The van der Waals surface area contributed by atoms with Crippen molar-refractivity contribution in [3.05, 3.63) is 34.2 Å². The molecule has 62 valence electrons.